The Labute approximate surface area is 144 Å². The standard InChI is InChI=1S/C19H17BrN2O/c20-16(12-13-6-2-1-3-7-13)18-21-17-9-5-4-8-15(17)19(23)22(18)14-10-11-14/h1-9,12,14,18,21H,10-11H2/b16-12-/t18-/m1/s1. The van der Waals surface area contributed by atoms with Gasteiger partial charge in [0.05, 0.1) is 5.56 Å². The number of anilines is 1. The highest BCUT2D eigenvalue weighted by Gasteiger charge is 2.42. The van der Waals surface area contributed by atoms with Crippen LogP contribution in [0.3, 0.4) is 0 Å². The van der Waals surface area contributed by atoms with Crippen LogP contribution in [0.5, 0.6) is 0 Å². The number of carbonyl (C=O) groups is 1. The van der Waals surface area contributed by atoms with Crippen LogP contribution in [-0.4, -0.2) is 23.0 Å². The molecule has 116 valence electrons. The van der Waals surface area contributed by atoms with Crippen molar-refractivity contribution < 1.29 is 4.79 Å². The van der Waals surface area contributed by atoms with Crippen molar-refractivity contribution in [2.24, 2.45) is 0 Å². The minimum Gasteiger partial charge on any atom is -0.360 e. The number of para-hydroxylation sites is 1. The highest BCUT2D eigenvalue weighted by Crippen LogP contribution is 2.38. The van der Waals surface area contributed by atoms with E-state index in [4.69, 9.17) is 0 Å². The van der Waals surface area contributed by atoms with E-state index in [2.05, 4.69) is 39.5 Å². The van der Waals surface area contributed by atoms with Crippen molar-refractivity contribution in [1.29, 1.82) is 0 Å². The van der Waals surface area contributed by atoms with Crippen LogP contribution in [-0.2, 0) is 0 Å². The number of carbonyl (C=O) groups excluding carboxylic acids is 1. The number of halogens is 1. The third-order valence-corrected chi connectivity index (χ3v) is 4.93. The molecule has 0 aromatic heterocycles. The molecular formula is C19H17BrN2O. The Morgan fingerprint density at radius 2 is 1.78 bits per heavy atom. The molecule has 1 atom stereocenters. The smallest absolute Gasteiger partial charge is 0.258 e. The first-order valence-electron chi connectivity index (χ1n) is 7.84. The van der Waals surface area contributed by atoms with E-state index < -0.39 is 0 Å². The van der Waals surface area contributed by atoms with Crippen LogP contribution in [0.1, 0.15) is 28.8 Å². The summed E-state index contributed by atoms with van der Waals surface area (Å²) in [6, 6.07) is 18.2. The van der Waals surface area contributed by atoms with Gasteiger partial charge in [0.15, 0.2) is 0 Å². The third-order valence-electron chi connectivity index (χ3n) is 4.27. The summed E-state index contributed by atoms with van der Waals surface area (Å²) in [7, 11) is 0. The molecule has 1 fully saturated rings. The summed E-state index contributed by atoms with van der Waals surface area (Å²) in [6.07, 6.45) is 4.09. The molecule has 1 heterocycles. The molecule has 4 heteroatoms. The Morgan fingerprint density at radius 1 is 1.09 bits per heavy atom. The van der Waals surface area contributed by atoms with Crippen LogP contribution < -0.4 is 5.32 Å². The molecule has 0 radical (unpaired) electrons. The molecule has 1 amide bonds. The Morgan fingerprint density at radius 3 is 2.52 bits per heavy atom. The first-order valence-corrected chi connectivity index (χ1v) is 8.64. The minimum atomic E-state index is -0.148. The first kappa shape index (κ1) is 14.5. The van der Waals surface area contributed by atoms with E-state index in [-0.39, 0.29) is 12.1 Å². The Hall–Kier alpha value is -2.07. The molecule has 23 heavy (non-hydrogen) atoms. The van der Waals surface area contributed by atoms with Crippen LogP contribution in [0.15, 0.2) is 59.1 Å². The van der Waals surface area contributed by atoms with Gasteiger partial charge in [-0.25, -0.2) is 0 Å². The molecular weight excluding hydrogens is 352 g/mol. The van der Waals surface area contributed by atoms with E-state index in [0.29, 0.717) is 6.04 Å². The molecule has 1 N–H and O–H groups in total. The van der Waals surface area contributed by atoms with Crippen LogP contribution >= 0.6 is 15.9 Å². The molecule has 2 aromatic carbocycles. The molecule has 2 aromatic rings. The van der Waals surface area contributed by atoms with E-state index in [1.54, 1.807) is 0 Å². The van der Waals surface area contributed by atoms with Crippen LogP contribution in [0.2, 0.25) is 0 Å². The van der Waals surface area contributed by atoms with Gasteiger partial charge < -0.3 is 10.2 Å². The van der Waals surface area contributed by atoms with Gasteiger partial charge in [0.2, 0.25) is 0 Å². The van der Waals surface area contributed by atoms with Crippen LogP contribution in [0, 0.1) is 0 Å². The molecule has 0 saturated heterocycles. The zero-order chi connectivity index (χ0) is 15.8. The Bertz CT molecular complexity index is 768. The van der Waals surface area contributed by atoms with Gasteiger partial charge in [-0.3, -0.25) is 4.79 Å². The summed E-state index contributed by atoms with van der Waals surface area (Å²) in [5.41, 5.74) is 2.77. The SMILES string of the molecule is O=C1c2ccccc2N[C@@H](/C(Br)=C/c2ccccc2)N1C1CC1. The highest BCUT2D eigenvalue weighted by atomic mass is 79.9. The van der Waals surface area contributed by atoms with E-state index in [0.717, 1.165) is 34.1 Å². The average Bonchev–Trinajstić information content (AvgIpc) is 3.40. The van der Waals surface area contributed by atoms with Gasteiger partial charge in [-0.15, -0.1) is 0 Å². The molecule has 1 saturated carbocycles. The summed E-state index contributed by atoms with van der Waals surface area (Å²) in [5.74, 6) is 0.116. The largest absolute Gasteiger partial charge is 0.360 e. The maximum Gasteiger partial charge on any atom is 0.258 e. The minimum absolute atomic E-state index is 0.116. The summed E-state index contributed by atoms with van der Waals surface area (Å²) in [6.45, 7) is 0. The van der Waals surface area contributed by atoms with E-state index in [9.17, 15) is 4.79 Å². The number of rotatable bonds is 3. The average molecular weight is 369 g/mol. The van der Waals surface area contributed by atoms with Crippen LogP contribution in [0.4, 0.5) is 5.69 Å². The summed E-state index contributed by atoms with van der Waals surface area (Å²) in [5, 5.41) is 3.51. The van der Waals surface area contributed by atoms with Crippen LogP contribution in [0.25, 0.3) is 6.08 Å². The van der Waals surface area contributed by atoms with Gasteiger partial charge in [0.1, 0.15) is 6.17 Å². The normalized spacial score (nSPS) is 20.9. The number of amides is 1. The Balaban J connectivity index is 1.72. The number of nitrogens with zero attached hydrogens (tertiary/aromatic N) is 1. The lowest BCUT2D eigenvalue weighted by Crippen LogP contribution is -2.50. The number of benzene rings is 2. The Kier molecular flexibility index (Phi) is 3.69. The fraction of sp³-hybridized carbons (Fsp3) is 0.211. The fourth-order valence-electron chi connectivity index (χ4n) is 2.99. The van der Waals surface area contributed by atoms with Gasteiger partial charge >= 0.3 is 0 Å². The van der Waals surface area contributed by atoms with Gasteiger partial charge in [-0.1, -0.05) is 58.4 Å². The number of hydrogen-bond donors (Lipinski definition) is 1. The topological polar surface area (TPSA) is 32.3 Å². The van der Waals surface area contributed by atoms with Crippen molar-refractivity contribution in [1.82, 2.24) is 4.90 Å². The second-order valence-corrected chi connectivity index (χ2v) is 6.89. The lowest BCUT2D eigenvalue weighted by atomic mass is 10.1. The molecule has 2 aliphatic rings. The maximum atomic E-state index is 12.9. The number of hydrogen-bond acceptors (Lipinski definition) is 2. The predicted octanol–water partition coefficient (Wildman–Crippen LogP) is 4.48. The van der Waals surface area contributed by atoms with Gasteiger partial charge in [0.25, 0.3) is 5.91 Å². The highest BCUT2D eigenvalue weighted by molar-refractivity contribution is 9.11. The maximum absolute atomic E-state index is 12.9. The molecule has 0 spiro atoms. The number of nitrogens with one attached hydrogen (secondary N) is 1. The fourth-order valence-corrected chi connectivity index (χ4v) is 3.59. The summed E-state index contributed by atoms with van der Waals surface area (Å²) in [4.78, 5) is 14.9. The van der Waals surface area contributed by atoms with Crippen molar-refractivity contribution >= 4 is 33.6 Å². The van der Waals surface area contributed by atoms with Crippen molar-refractivity contribution in [3.63, 3.8) is 0 Å². The molecule has 1 aliphatic heterocycles. The molecule has 4 rings (SSSR count). The van der Waals surface area contributed by atoms with E-state index >= 15 is 0 Å². The predicted molar refractivity (Wildman–Crippen MR) is 96.4 cm³/mol. The van der Waals surface area contributed by atoms with Crippen molar-refractivity contribution in [2.45, 2.75) is 25.0 Å². The lowest BCUT2D eigenvalue weighted by Gasteiger charge is -2.38. The molecule has 3 nitrogen and oxygen atoms in total. The zero-order valence-corrected chi connectivity index (χ0v) is 14.2. The van der Waals surface area contributed by atoms with Crippen molar-refractivity contribution in [3.8, 4) is 0 Å². The summed E-state index contributed by atoms with van der Waals surface area (Å²) < 4.78 is 0.971. The first-order chi connectivity index (χ1) is 11.2. The molecule has 0 bridgehead atoms. The van der Waals surface area contributed by atoms with Gasteiger partial charge in [-0.2, -0.15) is 0 Å². The second-order valence-electron chi connectivity index (χ2n) is 5.98. The van der Waals surface area contributed by atoms with Gasteiger partial charge in [0, 0.05) is 16.2 Å². The van der Waals surface area contributed by atoms with E-state index in [1.807, 2.05) is 47.4 Å². The second kappa shape index (κ2) is 5.85. The monoisotopic (exact) mass is 368 g/mol. The quantitative estimate of drug-likeness (QED) is 0.865. The lowest BCUT2D eigenvalue weighted by molar-refractivity contribution is 0.0701. The summed E-state index contributed by atoms with van der Waals surface area (Å²) >= 11 is 3.70. The van der Waals surface area contributed by atoms with Gasteiger partial charge in [-0.05, 0) is 36.6 Å². The molecule has 0 unspecified atom stereocenters. The third kappa shape index (κ3) is 2.79. The number of fused-ring (bicyclic) bond motifs is 1. The van der Waals surface area contributed by atoms with E-state index in [1.165, 1.54) is 0 Å². The van der Waals surface area contributed by atoms with Crippen molar-refractivity contribution in [3.05, 3.63) is 70.2 Å². The van der Waals surface area contributed by atoms with Crippen molar-refractivity contribution in [2.75, 3.05) is 5.32 Å². The zero-order valence-electron chi connectivity index (χ0n) is 12.6. The molecule has 1 aliphatic carbocycles.